The number of aromatic nitrogens is 2. The third-order valence-corrected chi connectivity index (χ3v) is 2.65. The second-order valence-corrected chi connectivity index (χ2v) is 4.13. The Morgan fingerprint density at radius 1 is 1.41 bits per heavy atom. The molecule has 17 heavy (non-hydrogen) atoms. The van der Waals surface area contributed by atoms with Crippen molar-refractivity contribution in [3.63, 3.8) is 0 Å². The van der Waals surface area contributed by atoms with Gasteiger partial charge in [-0.3, -0.25) is 4.68 Å². The maximum Gasteiger partial charge on any atom is 0.131 e. The van der Waals surface area contributed by atoms with E-state index in [1.165, 1.54) is 12.1 Å². The van der Waals surface area contributed by atoms with Crippen molar-refractivity contribution >= 4 is 11.6 Å². The van der Waals surface area contributed by atoms with E-state index in [0.29, 0.717) is 29.1 Å². The third kappa shape index (κ3) is 2.84. The second kappa shape index (κ2) is 5.29. The van der Waals surface area contributed by atoms with Crippen LogP contribution in [0.2, 0.25) is 5.02 Å². The van der Waals surface area contributed by atoms with Crippen molar-refractivity contribution < 1.29 is 9.50 Å². The summed E-state index contributed by atoms with van der Waals surface area (Å²) in [6, 6.07) is 4.42. The van der Waals surface area contributed by atoms with Crippen molar-refractivity contribution in [2.45, 2.75) is 13.0 Å². The predicted octanol–water partition coefficient (Wildman–Crippen LogP) is 2.73. The summed E-state index contributed by atoms with van der Waals surface area (Å²) < 4.78 is 15.3. The molecule has 5 heteroatoms. The molecular weight excluding hydrogens is 243 g/mol. The molecule has 0 saturated carbocycles. The normalized spacial score (nSPS) is 10.8. The van der Waals surface area contributed by atoms with Gasteiger partial charge in [-0.05, 0) is 24.6 Å². The highest BCUT2D eigenvalue weighted by molar-refractivity contribution is 6.30. The van der Waals surface area contributed by atoms with Crippen LogP contribution in [-0.2, 0) is 6.54 Å². The average Bonchev–Trinajstić information content (AvgIpc) is 2.78. The Kier molecular flexibility index (Phi) is 3.76. The molecule has 0 aliphatic carbocycles. The predicted molar refractivity (Wildman–Crippen MR) is 64.3 cm³/mol. The molecule has 1 heterocycles. The number of rotatable bonds is 4. The van der Waals surface area contributed by atoms with Gasteiger partial charge in [0.1, 0.15) is 5.82 Å². The number of aryl methyl sites for hydroxylation is 1. The summed E-state index contributed by atoms with van der Waals surface area (Å²) in [6.07, 6.45) is 3.95. The van der Waals surface area contributed by atoms with Crippen LogP contribution in [0.4, 0.5) is 4.39 Å². The quantitative estimate of drug-likeness (QED) is 0.911. The Hall–Kier alpha value is -1.39. The van der Waals surface area contributed by atoms with Gasteiger partial charge in [0.05, 0.1) is 6.20 Å². The molecule has 0 bridgehead atoms. The first kappa shape index (κ1) is 12.1. The lowest BCUT2D eigenvalue weighted by Crippen LogP contribution is -1.99. The first-order valence-electron chi connectivity index (χ1n) is 5.29. The van der Waals surface area contributed by atoms with E-state index in [1.807, 2.05) is 0 Å². The molecule has 0 saturated heterocycles. The van der Waals surface area contributed by atoms with E-state index in [2.05, 4.69) is 5.10 Å². The maximum absolute atomic E-state index is 13.6. The summed E-state index contributed by atoms with van der Waals surface area (Å²) >= 11 is 5.83. The largest absolute Gasteiger partial charge is 0.396 e. The van der Waals surface area contributed by atoms with E-state index >= 15 is 0 Å². The highest BCUT2D eigenvalue weighted by Crippen LogP contribution is 2.25. The Bertz CT molecular complexity index is 513. The van der Waals surface area contributed by atoms with Crippen LogP contribution < -0.4 is 0 Å². The molecule has 1 N–H and O–H groups in total. The maximum atomic E-state index is 13.6. The van der Waals surface area contributed by atoms with Crippen LogP contribution in [0.15, 0.2) is 30.6 Å². The molecule has 1 aromatic heterocycles. The Morgan fingerprint density at radius 3 is 3.00 bits per heavy atom. The van der Waals surface area contributed by atoms with Gasteiger partial charge in [-0.25, -0.2) is 4.39 Å². The van der Waals surface area contributed by atoms with Gasteiger partial charge in [0.2, 0.25) is 0 Å². The highest BCUT2D eigenvalue weighted by atomic mass is 35.5. The van der Waals surface area contributed by atoms with E-state index in [-0.39, 0.29) is 12.4 Å². The fourth-order valence-corrected chi connectivity index (χ4v) is 1.75. The first-order chi connectivity index (χ1) is 8.20. The summed E-state index contributed by atoms with van der Waals surface area (Å²) in [7, 11) is 0. The van der Waals surface area contributed by atoms with Crippen LogP contribution in [0.25, 0.3) is 11.1 Å². The van der Waals surface area contributed by atoms with Gasteiger partial charge in [-0.15, -0.1) is 0 Å². The van der Waals surface area contributed by atoms with Crippen LogP contribution in [0, 0.1) is 5.82 Å². The van der Waals surface area contributed by atoms with Crippen molar-refractivity contribution in [1.82, 2.24) is 9.78 Å². The number of aliphatic hydroxyl groups excluding tert-OH is 1. The molecule has 0 spiro atoms. The molecular formula is C12H12ClFN2O. The van der Waals surface area contributed by atoms with Gasteiger partial charge in [-0.2, -0.15) is 5.10 Å². The molecule has 0 aliphatic heterocycles. The zero-order chi connectivity index (χ0) is 12.3. The number of hydrogen-bond acceptors (Lipinski definition) is 2. The second-order valence-electron chi connectivity index (χ2n) is 3.69. The number of halogens is 2. The molecule has 0 unspecified atom stereocenters. The summed E-state index contributed by atoms with van der Waals surface area (Å²) in [5.74, 6) is -0.323. The van der Waals surface area contributed by atoms with Crippen molar-refractivity contribution in [1.29, 1.82) is 0 Å². The fraction of sp³-hybridized carbons (Fsp3) is 0.250. The molecule has 1 aromatic carbocycles. The smallest absolute Gasteiger partial charge is 0.131 e. The lowest BCUT2D eigenvalue weighted by molar-refractivity contribution is 0.277. The van der Waals surface area contributed by atoms with E-state index < -0.39 is 0 Å². The molecule has 0 fully saturated rings. The first-order valence-corrected chi connectivity index (χ1v) is 5.67. The molecule has 0 radical (unpaired) electrons. The van der Waals surface area contributed by atoms with Gasteiger partial charge >= 0.3 is 0 Å². The van der Waals surface area contributed by atoms with E-state index in [1.54, 1.807) is 23.1 Å². The Balaban J connectivity index is 2.27. The minimum atomic E-state index is -0.323. The van der Waals surface area contributed by atoms with Crippen LogP contribution in [0.3, 0.4) is 0 Å². The lowest BCUT2D eigenvalue weighted by Gasteiger charge is -2.00. The number of aliphatic hydroxyl groups is 1. The van der Waals surface area contributed by atoms with Crippen LogP contribution >= 0.6 is 11.6 Å². The summed E-state index contributed by atoms with van der Waals surface area (Å²) in [5.41, 5.74) is 1.12. The molecule has 0 aliphatic rings. The third-order valence-electron chi connectivity index (χ3n) is 2.42. The monoisotopic (exact) mass is 254 g/mol. The van der Waals surface area contributed by atoms with Gasteiger partial charge in [-0.1, -0.05) is 11.6 Å². The minimum Gasteiger partial charge on any atom is -0.396 e. The van der Waals surface area contributed by atoms with Crippen LogP contribution in [-0.4, -0.2) is 21.5 Å². The molecule has 2 aromatic rings. The lowest BCUT2D eigenvalue weighted by atomic mass is 10.1. The zero-order valence-corrected chi connectivity index (χ0v) is 9.86. The van der Waals surface area contributed by atoms with Gasteiger partial charge in [0.15, 0.2) is 0 Å². The Morgan fingerprint density at radius 2 is 2.24 bits per heavy atom. The molecule has 3 nitrogen and oxygen atoms in total. The van der Waals surface area contributed by atoms with Crippen LogP contribution in [0.1, 0.15) is 6.42 Å². The van der Waals surface area contributed by atoms with Crippen molar-refractivity contribution in [2.24, 2.45) is 0 Å². The number of hydrogen-bond donors (Lipinski definition) is 1. The summed E-state index contributed by atoms with van der Waals surface area (Å²) in [6.45, 7) is 0.722. The topological polar surface area (TPSA) is 38.0 Å². The number of nitrogens with zero attached hydrogens (tertiary/aromatic N) is 2. The minimum absolute atomic E-state index is 0.112. The Labute approximate surface area is 103 Å². The van der Waals surface area contributed by atoms with Crippen LogP contribution in [0.5, 0.6) is 0 Å². The number of benzene rings is 1. The van der Waals surface area contributed by atoms with E-state index in [4.69, 9.17) is 16.7 Å². The van der Waals surface area contributed by atoms with E-state index in [0.717, 1.165) is 0 Å². The van der Waals surface area contributed by atoms with Gasteiger partial charge in [0.25, 0.3) is 0 Å². The van der Waals surface area contributed by atoms with Crippen molar-refractivity contribution in [3.8, 4) is 11.1 Å². The zero-order valence-electron chi connectivity index (χ0n) is 9.11. The molecule has 0 amide bonds. The molecule has 0 atom stereocenters. The van der Waals surface area contributed by atoms with Gasteiger partial charge in [0, 0.05) is 35.5 Å². The van der Waals surface area contributed by atoms with Crippen molar-refractivity contribution in [2.75, 3.05) is 6.61 Å². The average molecular weight is 255 g/mol. The fourth-order valence-electron chi connectivity index (χ4n) is 1.58. The standard InChI is InChI=1S/C12H12ClFN2O/c13-10-2-3-12(14)11(6-10)9-7-15-16(8-9)4-1-5-17/h2-3,6-8,17H,1,4-5H2. The highest BCUT2D eigenvalue weighted by Gasteiger charge is 2.08. The van der Waals surface area contributed by atoms with Crippen molar-refractivity contribution in [3.05, 3.63) is 41.4 Å². The van der Waals surface area contributed by atoms with E-state index in [9.17, 15) is 4.39 Å². The molecule has 90 valence electrons. The summed E-state index contributed by atoms with van der Waals surface area (Å²) in [5, 5.41) is 13.3. The molecule has 2 rings (SSSR count). The van der Waals surface area contributed by atoms with Gasteiger partial charge < -0.3 is 5.11 Å². The summed E-state index contributed by atoms with van der Waals surface area (Å²) in [4.78, 5) is 0. The SMILES string of the molecule is OCCCn1cc(-c2cc(Cl)ccc2F)cn1.